The summed E-state index contributed by atoms with van der Waals surface area (Å²) in [7, 11) is 0. The number of anilines is 1. The predicted molar refractivity (Wildman–Crippen MR) is 81.8 cm³/mol. The first kappa shape index (κ1) is 12.5. The molecule has 1 heterocycles. The molecular formula is C16H16BrNO. The highest BCUT2D eigenvalue weighted by atomic mass is 79.9. The van der Waals surface area contributed by atoms with E-state index >= 15 is 0 Å². The van der Waals surface area contributed by atoms with Gasteiger partial charge in [-0.2, -0.15) is 0 Å². The van der Waals surface area contributed by atoms with E-state index in [1.54, 1.807) is 0 Å². The van der Waals surface area contributed by atoms with Gasteiger partial charge in [0.15, 0.2) is 0 Å². The Morgan fingerprint density at radius 1 is 1.21 bits per heavy atom. The molecule has 98 valence electrons. The standard InChI is InChI=1S/C16H16BrNO/c1-11-8-14(3-4-15(11)17)18-10-12-2-5-16-13(9-12)6-7-19-16/h2-5,8-9,18H,6-7,10H2,1H3. The topological polar surface area (TPSA) is 21.3 Å². The Labute approximate surface area is 121 Å². The van der Waals surface area contributed by atoms with Gasteiger partial charge in [-0.25, -0.2) is 0 Å². The van der Waals surface area contributed by atoms with Crippen LogP contribution in [0, 0.1) is 6.92 Å². The van der Waals surface area contributed by atoms with Gasteiger partial charge in [-0.15, -0.1) is 0 Å². The van der Waals surface area contributed by atoms with E-state index in [-0.39, 0.29) is 0 Å². The number of fused-ring (bicyclic) bond motifs is 1. The Bertz CT molecular complexity index is 610. The van der Waals surface area contributed by atoms with Gasteiger partial charge in [0.1, 0.15) is 5.75 Å². The third-order valence-electron chi connectivity index (χ3n) is 3.41. The van der Waals surface area contributed by atoms with Crippen LogP contribution in [-0.2, 0) is 13.0 Å². The number of rotatable bonds is 3. The largest absolute Gasteiger partial charge is 0.493 e. The van der Waals surface area contributed by atoms with E-state index < -0.39 is 0 Å². The van der Waals surface area contributed by atoms with Crippen molar-refractivity contribution < 1.29 is 4.74 Å². The van der Waals surface area contributed by atoms with Crippen LogP contribution >= 0.6 is 15.9 Å². The highest BCUT2D eigenvalue weighted by molar-refractivity contribution is 9.10. The van der Waals surface area contributed by atoms with Crippen LogP contribution in [0.4, 0.5) is 5.69 Å². The maximum atomic E-state index is 5.52. The van der Waals surface area contributed by atoms with Crippen LogP contribution in [0.1, 0.15) is 16.7 Å². The number of ether oxygens (including phenoxy) is 1. The second kappa shape index (κ2) is 5.25. The number of aryl methyl sites for hydroxylation is 1. The zero-order chi connectivity index (χ0) is 13.2. The van der Waals surface area contributed by atoms with Gasteiger partial charge in [0.2, 0.25) is 0 Å². The molecule has 1 aliphatic heterocycles. The van der Waals surface area contributed by atoms with Crippen molar-refractivity contribution in [2.75, 3.05) is 11.9 Å². The lowest BCUT2D eigenvalue weighted by Crippen LogP contribution is -2.00. The van der Waals surface area contributed by atoms with Gasteiger partial charge < -0.3 is 10.1 Å². The minimum Gasteiger partial charge on any atom is -0.493 e. The number of halogens is 1. The molecule has 0 aromatic heterocycles. The molecule has 0 fully saturated rings. The summed E-state index contributed by atoms with van der Waals surface area (Å²) in [6.07, 6.45) is 1.03. The fourth-order valence-electron chi connectivity index (χ4n) is 2.31. The minimum absolute atomic E-state index is 0.818. The first-order valence-electron chi connectivity index (χ1n) is 6.47. The number of benzene rings is 2. The lowest BCUT2D eigenvalue weighted by atomic mass is 10.1. The van der Waals surface area contributed by atoms with Gasteiger partial charge in [-0.05, 0) is 47.9 Å². The molecule has 0 saturated carbocycles. The van der Waals surface area contributed by atoms with E-state index in [4.69, 9.17) is 4.74 Å². The summed E-state index contributed by atoms with van der Waals surface area (Å²) >= 11 is 3.52. The van der Waals surface area contributed by atoms with E-state index in [1.165, 1.54) is 16.7 Å². The van der Waals surface area contributed by atoms with Gasteiger partial charge in [0.25, 0.3) is 0 Å². The van der Waals surface area contributed by atoms with Crippen molar-refractivity contribution in [1.82, 2.24) is 0 Å². The summed E-state index contributed by atoms with van der Waals surface area (Å²) in [5.74, 6) is 1.04. The van der Waals surface area contributed by atoms with Crippen LogP contribution in [0.3, 0.4) is 0 Å². The third kappa shape index (κ3) is 2.76. The van der Waals surface area contributed by atoms with Crippen LogP contribution in [-0.4, -0.2) is 6.61 Å². The summed E-state index contributed by atoms with van der Waals surface area (Å²) < 4.78 is 6.67. The molecule has 0 aliphatic carbocycles. The van der Waals surface area contributed by atoms with Crippen molar-refractivity contribution in [2.24, 2.45) is 0 Å². The maximum absolute atomic E-state index is 5.52. The van der Waals surface area contributed by atoms with Crippen molar-refractivity contribution >= 4 is 21.6 Å². The Balaban J connectivity index is 1.70. The molecule has 1 N–H and O–H groups in total. The Kier molecular flexibility index (Phi) is 3.47. The van der Waals surface area contributed by atoms with Crippen LogP contribution in [0.5, 0.6) is 5.75 Å². The average molecular weight is 318 g/mol. The summed E-state index contributed by atoms with van der Waals surface area (Å²) in [5, 5.41) is 3.46. The Morgan fingerprint density at radius 3 is 2.95 bits per heavy atom. The van der Waals surface area contributed by atoms with Crippen LogP contribution in [0.2, 0.25) is 0 Å². The maximum Gasteiger partial charge on any atom is 0.122 e. The summed E-state index contributed by atoms with van der Waals surface area (Å²) in [6, 6.07) is 12.8. The molecule has 3 heteroatoms. The molecule has 0 amide bonds. The molecular weight excluding hydrogens is 302 g/mol. The molecule has 0 atom stereocenters. The average Bonchev–Trinajstić information content (AvgIpc) is 2.87. The van der Waals surface area contributed by atoms with E-state index in [1.807, 2.05) is 0 Å². The molecule has 0 bridgehead atoms. The number of nitrogens with one attached hydrogen (secondary N) is 1. The van der Waals surface area contributed by atoms with Gasteiger partial charge in [-0.1, -0.05) is 28.1 Å². The van der Waals surface area contributed by atoms with Crippen molar-refractivity contribution in [3.63, 3.8) is 0 Å². The molecule has 0 saturated heterocycles. The summed E-state index contributed by atoms with van der Waals surface area (Å²) in [5.41, 5.74) is 5.01. The van der Waals surface area contributed by atoms with Crippen molar-refractivity contribution in [3.05, 3.63) is 57.6 Å². The van der Waals surface area contributed by atoms with Crippen molar-refractivity contribution in [2.45, 2.75) is 19.9 Å². The van der Waals surface area contributed by atoms with E-state index in [0.717, 1.165) is 35.5 Å². The summed E-state index contributed by atoms with van der Waals surface area (Å²) in [6.45, 7) is 3.76. The zero-order valence-electron chi connectivity index (χ0n) is 10.9. The third-order valence-corrected chi connectivity index (χ3v) is 4.30. The second-order valence-corrected chi connectivity index (χ2v) is 5.71. The zero-order valence-corrected chi connectivity index (χ0v) is 12.5. The SMILES string of the molecule is Cc1cc(NCc2ccc3c(c2)CCO3)ccc1Br. The first-order valence-corrected chi connectivity index (χ1v) is 7.26. The quantitative estimate of drug-likeness (QED) is 0.911. The second-order valence-electron chi connectivity index (χ2n) is 4.86. The fraction of sp³-hybridized carbons (Fsp3) is 0.250. The summed E-state index contributed by atoms with van der Waals surface area (Å²) in [4.78, 5) is 0. The minimum atomic E-state index is 0.818. The number of hydrogen-bond donors (Lipinski definition) is 1. The molecule has 2 aromatic rings. The highest BCUT2D eigenvalue weighted by Gasteiger charge is 2.11. The monoisotopic (exact) mass is 317 g/mol. The fourth-order valence-corrected chi connectivity index (χ4v) is 2.56. The van der Waals surface area contributed by atoms with E-state index in [0.29, 0.717) is 0 Å². The van der Waals surface area contributed by atoms with Gasteiger partial charge in [0, 0.05) is 23.1 Å². The molecule has 0 unspecified atom stereocenters. The van der Waals surface area contributed by atoms with E-state index in [9.17, 15) is 0 Å². The molecule has 2 nitrogen and oxygen atoms in total. The molecule has 1 aliphatic rings. The predicted octanol–water partition coefficient (Wildman–Crippen LogP) is 4.30. The van der Waals surface area contributed by atoms with Crippen molar-refractivity contribution in [3.8, 4) is 5.75 Å². The molecule has 3 rings (SSSR count). The molecule has 0 spiro atoms. The lowest BCUT2D eigenvalue weighted by molar-refractivity contribution is 0.357. The van der Waals surface area contributed by atoms with Gasteiger partial charge >= 0.3 is 0 Å². The van der Waals surface area contributed by atoms with E-state index in [2.05, 4.69) is 64.6 Å². The van der Waals surface area contributed by atoms with Crippen LogP contribution in [0.25, 0.3) is 0 Å². The van der Waals surface area contributed by atoms with Crippen LogP contribution in [0.15, 0.2) is 40.9 Å². The normalized spacial score (nSPS) is 12.9. The highest BCUT2D eigenvalue weighted by Crippen LogP contribution is 2.26. The lowest BCUT2D eigenvalue weighted by Gasteiger charge is -2.09. The molecule has 2 aromatic carbocycles. The smallest absolute Gasteiger partial charge is 0.122 e. The van der Waals surface area contributed by atoms with Crippen molar-refractivity contribution in [1.29, 1.82) is 0 Å². The molecule has 0 radical (unpaired) electrons. The van der Waals surface area contributed by atoms with Gasteiger partial charge in [0.05, 0.1) is 6.61 Å². The Morgan fingerprint density at radius 2 is 2.11 bits per heavy atom. The van der Waals surface area contributed by atoms with Crippen LogP contribution < -0.4 is 10.1 Å². The molecule has 19 heavy (non-hydrogen) atoms. The Hall–Kier alpha value is -1.48. The van der Waals surface area contributed by atoms with Gasteiger partial charge in [-0.3, -0.25) is 0 Å². The number of hydrogen-bond acceptors (Lipinski definition) is 2. The first-order chi connectivity index (χ1) is 9.22.